The van der Waals surface area contributed by atoms with Crippen LogP contribution >= 0.6 is 0 Å². The highest BCUT2D eigenvalue weighted by Gasteiger charge is 2.11. The van der Waals surface area contributed by atoms with Gasteiger partial charge in [-0.05, 0) is 38.5 Å². The first-order valence-corrected chi connectivity index (χ1v) is 9.27. The summed E-state index contributed by atoms with van der Waals surface area (Å²) in [5.41, 5.74) is 4.22. The van der Waals surface area contributed by atoms with Gasteiger partial charge in [0.25, 0.3) is 0 Å². The van der Waals surface area contributed by atoms with Crippen molar-refractivity contribution in [2.45, 2.75) is 40.0 Å². The Morgan fingerprint density at radius 2 is 2.11 bits per heavy atom. The summed E-state index contributed by atoms with van der Waals surface area (Å²) in [5.74, 6) is 0.331. The molecule has 0 spiro atoms. The van der Waals surface area contributed by atoms with Gasteiger partial charge in [0, 0.05) is 18.2 Å². The molecule has 0 aliphatic heterocycles. The van der Waals surface area contributed by atoms with Crippen LogP contribution in [0.2, 0.25) is 0 Å². The highest BCUT2D eigenvalue weighted by Crippen LogP contribution is 2.16. The molecule has 3 rings (SSSR count). The van der Waals surface area contributed by atoms with Crippen molar-refractivity contribution in [2.75, 3.05) is 0 Å². The Kier molecular flexibility index (Phi) is 6.37. The number of aromatic nitrogens is 5. The number of allylic oxidation sites excluding steroid dienone is 3. The van der Waals surface area contributed by atoms with Crippen LogP contribution in [0, 0.1) is 12.9 Å². The Hall–Kier alpha value is -3.22. The Morgan fingerprint density at radius 3 is 2.89 bits per heavy atom. The van der Waals surface area contributed by atoms with Crippen molar-refractivity contribution in [1.82, 2.24) is 24.6 Å². The van der Waals surface area contributed by atoms with Crippen molar-refractivity contribution in [2.24, 2.45) is 4.99 Å². The molecule has 0 saturated heterocycles. The van der Waals surface area contributed by atoms with Crippen LogP contribution in [-0.4, -0.2) is 30.3 Å². The van der Waals surface area contributed by atoms with Crippen LogP contribution in [0.1, 0.15) is 43.0 Å². The van der Waals surface area contributed by atoms with E-state index in [1.54, 1.807) is 31.6 Å². The SMILES string of the molecule is CCCc1c(C/C=C\C=C/N=C(C)c2cccc(F)n2)ncn2c(C)nnc12. The molecule has 7 heteroatoms. The van der Waals surface area contributed by atoms with Crippen LogP contribution in [0.15, 0.2) is 53.9 Å². The fourth-order valence-electron chi connectivity index (χ4n) is 2.87. The minimum absolute atomic E-state index is 0.508. The van der Waals surface area contributed by atoms with E-state index in [1.807, 2.05) is 29.6 Å². The molecule has 3 aromatic heterocycles. The fourth-order valence-corrected chi connectivity index (χ4v) is 2.87. The molecule has 0 fully saturated rings. The molecular formula is C21H23FN6. The lowest BCUT2D eigenvalue weighted by molar-refractivity contribution is 0.583. The van der Waals surface area contributed by atoms with Crippen LogP contribution in [0.5, 0.6) is 0 Å². The molecule has 0 unspecified atom stereocenters. The molecule has 28 heavy (non-hydrogen) atoms. The third-order valence-electron chi connectivity index (χ3n) is 4.31. The van der Waals surface area contributed by atoms with Gasteiger partial charge in [-0.15, -0.1) is 10.2 Å². The second-order valence-electron chi connectivity index (χ2n) is 6.39. The first-order chi connectivity index (χ1) is 13.6. The average Bonchev–Trinajstić information content (AvgIpc) is 3.07. The average molecular weight is 378 g/mol. The predicted octanol–water partition coefficient (Wildman–Crippen LogP) is 4.04. The topological polar surface area (TPSA) is 68.3 Å². The Bertz CT molecular complexity index is 1050. The molecule has 0 N–H and O–H groups in total. The molecule has 0 bridgehead atoms. The van der Waals surface area contributed by atoms with E-state index < -0.39 is 5.95 Å². The van der Waals surface area contributed by atoms with Gasteiger partial charge in [-0.2, -0.15) is 4.39 Å². The first-order valence-electron chi connectivity index (χ1n) is 9.27. The highest BCUT2D eigenvalue weighted by molar-refractivity contribution is 5.97. The normalized spacial score (nSPS) is 12.6. The molecule has 3 aromatic rings. The van der Waals surface area contributed by atoms with Gasteiger partial charge in [0.15, 0.2) is 5.65 Å². The van der Waals surface area contributed by atoms with E-state index in [0.717, 1.165) is 35.6 Å². The highest BCUT2D eigenvalue weighted by atomic mass is 19.1. The maximum atomic E-state index is 13.2. The standard InChI is InChI=1S/C21H23FN6/c1-4-9-17-19(24-14-28-16(3)26-27-21(17)28)10-6-5-7-13-23-15(2)18-11-8-12-20(22)25-18/h5-8,11-14H,4,9-10H2,1-3H3/b6-5-,13-7-,23-15?. The lowest BCUT2D eigenvalue weighted by atomic mass is 10.1. The quantitative estimate of drug-likeness (QED) is 0.353. The first kappa shape index (κ1) is 19.5. The second-order valence-corrected chi connectivity index (χ2v) is 6.39. The number of fused-ring (bicyclic) bond motifs is 1. The lowest BCUT2D eigenvalue weighted by Crippen LogP contribution is -2.03. The van der Waals surface area contributed by atoms with Gasteiger partial charge in [0.05, 0.1) is 17.1 Å². The molecule has 0 aliphatic rings. The molecule has 0 aromatic carbocycles. The number of rotatable bonds is 7. The van der Waals surface area contributed by atoms with Gasteiger partial charge in [-0.25, -0.2) is 9.97 Å². The maximum absolute atomic E-state index is 13.2. The zero-order valence-corrected chi connectivity index (χ0v) is 16.3. The van der Waals surface area contributed by atoms with Crippen molar-refractivity contribution in [1.29, 1.82) is 0 Å². The minimum Gasteiger partial charge on any atom is -0.269 e. The number of nitrogens with zero attached hydrogens (tertiary/aromatic N) is 6. The summed E-state index contributed by atoms with van der Waals surface area (Å²) < 4.78 is 15.1. The zero-order valence-electron chi connectivity index (χ0n) is 16.3. The summed E-state index contributed by atoms with van der Waals surface area (Å²) in [5, 5.41) is 8.44. The van der Waals surface area contributed by atoms with Gasteiger partial charge in [-0.1, -0.05) is 31.6 Å². The number of pyridine rings is 1. The van der Waals surface area contributed by atoms with Crippen LogP contribution in [-0.2, 0) is 12.8 Å². The Balaban J connectivity index is 1.68. The zero-order chi connectivity index (χ0) is 19.9. The number of hydrogen-bond acceptors (Lipinski definition) is 5. The summed E-state index contributed by atoms with van der Waals surface area (Å²) in [4.78, 5) is 12.7. The van der Waals surface area contributed by atoms with E-state index in [-0.39, 0.29) is 0 Å². The van der Waals surface area contributed by atoms with E-state index in [1.165, 1.54) is 6.07 Å². The smallest absolute Gasteiger partial charge is 0.213 e. The van der Waals surface area contributed by atoms with Crippen molar-refractivity contribution in [3.63, 3.8) is 0 Å². The second kappa shape index (κ2) is 9.12. The van der Waals surface area contributed by atoms with Crippen LogP contribution in [0.4, 0.5) is 4.39 Å². The van der Waals surface area contributed by atoms with Gasteiger partial charge in [0.2, 0.25) is 5.95 Å². The molecular weight excluding hydrogens is 355 g/mol. The van der Waals surface area contributed by atoms with Crippen molar-refractivity contribution >= 4 is 11.4 Å². The van der Waals surface area contributed by atoms with Crippen LogP contribution in [0.25, 0.3) is 5.65 Å². The molecule has 0 radical (unpaired) electrons. The van der Waals surface area contributed by atoms with Gasteiger partial charge in [0.1, 0.15) is 12.2 Å². The van der Waals surface area contributed by atoms with E-state index in [4.69, 9.17) is 0 Å². The third-order valence-corrected chi connectivity index (χ3v) is 4.31. The lowest BCUT2D eigenvalue weighted by Gasteiger charge is -2.07. The van der Waals surface area contributed by atoms with Gasteiger partial charge in [-0.3, -0.25) is 9.39 Å². The number of hydrogen-bond donors (Lipinski definition) is 0. The fraction of sp³-hybridized carbons (Fsp3) is 0.286. The molecule has 6 nitrogen and oxygen atoms in total. The summed E-state index contributed by atoms with van der Waals surface area (Å²) in [6, 6.07) is 4.66. The summed E-state index contributed by atoms with van der Waals surface area (Å²) in [6.07, 6.45) is 11.9. The van der Waals surface area contributed by atoms with Gasteiger partial charge < -0.3 is 0 Å². The Labute approximate surface area is 163 Å². The number of aryl methyl sites for hydroxylation is 2. The molecule has 0 aliphatic carbocycles. The van der Waals surface area contributed by atoms with E-state index in [9.17, 15) is 4.39 Å². The predicted molar refractivity (Wildman–Crippen MR) is 108 cm³/mol. The molecule has 0 amide bonds. The summed E-state index contributed by atoms with van der Waals surface area (Å²) in [6.45, 7) is 5.86. The minimum atomic E-state index is -0.508. The number of halogens is 1. The largest absolute Gasteiger partial charge is 0.269 e. The number of aliphatic imine (C=N–C) groups is 1. The Morgan fingerprint density at radius 1 is 1.25 bits per heavy atom. The maximum Gasteiger partial charge on any atom is 0.213 e. The van der Waals surface area contributed by atoms with Crippen LogP contribution in [0.3, 0.4) is 0 Å². The summed E-state index contributed by atoms with van der Waals surface area (Å²) >= 11 is 0. The third kappa shape index (κ3) is 4.54. The molecule has 3 heterocycles. The molecule has 0 saturated carbocycles. The van der Waals surface area contributed by atoms with E-state index in [2.05, 4.69) is 32.1 Å². The van der Waals surface area contributed by atoms with Crippen molar-refractivity contribution < 1.29 is 4.39 Å². The monoisotopic (exact) mass is 378 g/mol. The molecule has 144 valence electrons. The van der Waals surface area contributed by atoms with Crippen molar-refractivity contribution in [3.05, 3.63) is 77.7 Å². The van der Waals surface area contributed by atoms with E-state index in [0.29, 0.717) is 17.8 Å². The van der Waals surface area contributed by atoms with Crippen molar-refractivity contribution in [3.8, 4) is 0 Å². The summed E-state index contributed by atoms with van der Waals surface area (Å²) in [7, 11) is 0. The van der Waals surface area contributed by atoms with Gasteiger partial charge >= 0.3 is 0 Å². The van der Waals surface area contributed by atoms with Crippen LogP contribution < -0.4 is 0 Å². The van der Waals surface area contributed by atoms with E-state index >= 15 is 0 Å². The molecule has 0 atom stereocenters.